The molecule has 3 aromatic rings. The van der Waals surface area contributed by atoms with Crippen LogP contribution in [0.2, 0.25) is 0 Å². The number of nitrogens with one attached hydrogen (secondary N) is 1. The fourth-order valence-corrected chi connectivity index (χ4v) is 4.81. The zero-order valence-corrected chi connectivity index (χ0v) is 23.6. The quantitative estimate of drug-likeness (QED) is 0.390. The van der Waals surface area contributed by atoms with Crippen LogP contribution in [0.15, 0.2) is 48.8 Å². The van der Waals surface area contributed by atoms with Gasteiger partial charge >= 0.3 is 6.18 Å². The number of carbonyl (C=O) groups excluding carboxylic acids is 2. The Hall–Kier alpha value is -4.04. The largest absolute Gasteiger partial charge is 0.488 e. The minimum absolute atomic E-state index is 0.00276. The molecule has 0 saturated heterocycles. The van der Waals surface area contributed by atoms with Crippen LogP contribution in [0.4, 0.5) is 18.9 Å². The van der Waals surface area contributed by atoms with Gasteiger partial charge in [-0.25, -0.2) is 4.68 Å². The van der Waals surface area contributed by atoms with Crippen LogP contribution in [-0.4, -0.2) is 85.8 Å². The van der Waals surface area contributed by atoms with Gasteiger partial charge in [-0.15, -0.1) is 5.10 Å². The number of hydrogen-bond acceptors (Lipinski definition) is 8. The van der Waals surface area contributed by atoms with Crippen LogP contribution in [0.5, 0.6) is 5.75 Å². The molecule has 2 aromatic carbocycles. The lowest BCUT2D eigenvalue weighted by Crippen LogP contribution is -2.47. The maximum atomic E-state index is 13.4. The number of rotatable bonds is 9. The number of anilines is 1. The van der Waals surface area contributed by atoms with Gasteiger partial charge in [0, 0.05) is 36.8 Å². The van der Waals surface area contributed by atoms with Gasteiger partial charge in [-0.3, -0.25) is 14.5 Å². The van der Waals surface area contributed by atoms with E-state index in [1.165, 1.54) is 23.1 Å². The van der Waals surface area contributed by atoms with Crippen LogP contribution in [0.25, 0.3) is 0 Å². The number of halogens is 3. The van der Waals surface area contributed by atoms with Gasteiger partial charge in [-0.05, 0) is 60.3 Å². The summed E-state index contributed by atoms with van der Waals surface area (Å²) in [6, 6.07) is 9.70. The van der Waals surface area contributed by atoms with Crippen molar-refractivity contribution in [1.82, 2.24) is 30.0 Å². The number of carbonyl (C=O) groups is 2. The van der Waals surface area contributed by atoms with E-state index in [4.69, 9.17) is 4.74 Å². The predicted octanol–water partition coefficient (Wildman–Crippen LogP) is 2.61. The lowest BCUT2D eigenvalue weighted by Gasteiger charge is -2.34. The minimum Gasteiger partial charge on any atom is -0.488 e. The first-order valence-electron chi connectivity index (χ1n) is 13.5. The molecule has 14 heteroatoms. The molecular weight excluding hydrogens is 555 g/mol. The molecule has 226 valence electrons. The van der Waals surface area contributed by atoms with Crippen molar-refractivity contribution in [2.45, 2.75) is 51.7 Å². The molecule has 0 spiro atoms. The Morgan fingerprint density at radius 3 is 2.62 bits per heavy atom. The zero-order valence-electron chi connectivity index (χ0n) is 23.6. The highest BCUT2D eigenvalue weighted by molar-refractivity contribution is 5.91. The van der Waals surface area contributed by atoms with E-state index in [-0.39, 0.29) is 37.3 Å². The lowest BCUT2D eigenvalue weighted by atomic mass is 10.0. The molecule has 2 amide bonds. The van der Waals surface area contributed by atoms with E-state index in [2.05, 4.69) is 20.8 Å². The van der Waals surface area contributed by atoms with Crippen molar-refractivity contribution >= 4 is 17.5 Å². The number of aliphatic hydroxyl groups is 1. The third-order valence-electron chi connectivity index (χ3n) is 7.12. The molecule has 0 radical (unpaired) electrons. The number of aliphatic hydroxyl groups excluding tert-OH is 1. The summed E-state index contributed by atoms with van der Waals surface area (Å²) in [4.78, 5) is 29.5. The number of fused-ring (bicyclic) bond motifs is 1. The molecule has 2 N–H and O–H groups in total. The van der Waals surface area contributed by atoms with Crippen LogP contribution >= 0.6 is 0 Å². The first-order chi connectivity index (χ1) is 19.9. The minimum atomic E-state index is -4.40. The molecule has 1 aliphatic rings. The van der Waals surface area contributed by atoms with Gasteiger partial charge in [0.05, 0.1) is 24.6 Å². The molecule has 0 saturated carbocycles. The van der Waals surface area contributed by atoms with Gasteiger partial charge in [-0.1, -0.05) is 19.1 Å². The Labute approximate surface area is 241 Å². The van der Waals surface area contributed by atoms with E-state index in [1.54, 1.807) is 30.0 Å². The Bertz CT molecular complexity index is 1350. The summed E-state index contributed by atoms with van der Waals surface area (Å²) < 4.78 is 46.7. The molecule has 0 aliphatic carbocycles. The topological polar surface area (TPSA) is 126 Å². The smallest absolute Gasteiger partial charge is 0.416 e. The molecule has 3 atom stereocenters. The molecular formula is C28H34F3N7O4. The Morgan fingerprint density at radius 2 is 1.98 bits per heavy atom. The number of alkyl halides is 3. The number of tetrazole rings is 1. The van der Waals surface area contributed by atoms with Gasteiger partial charge in [-0.2, -0.15) is 13.2 Å². The first kappa shape index (κ1) is 30.9. The van der Waals surface area contributed by atoms with Crippen molar-refractivity contribution in [3.05, 3.63) is 65.5 Å². The summed E-state index contributed by atoms with van der Waals surface area (Å²) >= 11 is 0. The van der Waals surface area contributed by atoms with Crippen LogP contribution in [0.3, 0.4) is 0 Å². The first-order valence-corrected chi connectivity index (χ1v) is 13.5. The van der Waals surface area contributed by atoms with Crippen LogP contribution in [0.1, 0.15) is 30.5 Å². The van der Waals surface area contributed by atoms with Gasteiger partial charge in [0.2, 0.25) is 11.8 Å². The van der Waals surface area contributed by atoms with E-state index in [0.29, 0.717) is 36.6 Å². The standard InChI is InChI=1S/C28H34F3N7O4/c1-18-12-38(19(2)16-39)27(41)11-21-10-23(33-26(40)15-37-17-32-34-35-37)8-9-24(21)42-25(18)14-36(3)13-20-4-6-22(7-5-20)28(29,30)31/h4-10,17-19,25,39H,11-16H2,1-3H3,(H,33,40)/t18-,19-,25-/m1/s1. The number of benzene rings is 2. The number of likely N-dealkylation sites (N-methyl/N-ethyl adjacent to an activating group) is 1. The molecule has 2 heterocycles. The van der Waals surface area contributed by atoms with Crippen molar-refractivity contribution in [2.24, 2.45) is 5.92 Å². The third-order valence-corrected chi connectivity index (χ3v) is 7.12. The van der Waals surface area contributed by atoms with Crippen LogP contribution < -0.4 is 10.1 Å². The van der Waals surface area contributed by atoms with Crippen molar-refractivity contribution in [3.63, 3.8) is 0 Å². The maximum absolute atomic E-state index is 13.4. The highest BCUT2D eigenvalue weighted by atomic mass is 19.4. The molecule has 0 fully saturated rings. The van der Waals surface area contributed by atoms with Gasteiger partial charge in [0.15, 0.2) is 0 Å². The van der Waals surface area contributed by atoms with Gasteiger partial charge < -0.3 is 20.1 Å². The van der Waals surface area contributed by atoms with Gasteiger partial charge in [0.25, 0.3) is 0 Å². The van der Waals surface area contributed by atoms with Crippen molar-refractivity contribution in [2.75, 3.05) is 32.1 Å². The number of aromatic nitrogens is 4. The molecule has 42 heavy (non-hydrogen) atoms. The molecule has 1 aromatic heterocycles. The van der Waals surface area contributed by atoms with E-state index in [0.717, 1.165) is 17.7 Å². The monoisotopic (exact) mass is 589 g/mol. The Morgan fingerprint density at radius 1 is 1.24 bits per heavy atom. The average molecular weight is 590 g/mol. The second-order valence-corrected chi connectivity index (χ2v) is 10.7. The van der Waals surface area contributed by atoms with E-state index >= 15 is 0 Å². The van der Waals surface area contributed by atoms with Crippen LogP contribution in [0, 0.1) is 5.92 Å². The van der Waals surface area contributed by atoms with Crippen molar-refractivity contribution < 1.29 is 32.6 Å². The molecule has 0 bridgehead atoms. The van der Waals surface area contributed by atoms with Crippen molar-refractivity contribution in [3.8, 4) is 5.75 Å². The number of ether oxygens (including phenoxy) is 1. The maximum Gasteiger partial charge on any atom is 0.416 e. The Balaban J connectivity index is 1.54. The predicted molar refractivity (Wildman–Crippen MR) is 146 cm³/mol. The van der Waals surface area contributed by atoms with E-state index in [9.17, 15) is 27.9 Å². The van der Waals surface area contributed by atoms with Crippen LogP contribution in [-0.2, 0) is 35.3 Å². The molecule has 11 nitrogen and oxygen atoms in total. The third kappa shape index (κ3) is 8.03. The summed E-state index contributed by atoms with van der Waals surface area (Å²) in [6.07, 6.45) is -3.48. The van der Waals surface area contributed by atoms with E-state index < -0.39 is 23.9 Å². The molecule has 1 aliphatic heterocycles. The SMILES string of the molecule is C[C@@H]1CN([C@H](C)CO)C(=O)Cc2cc(NC(=O)Cn3cnnn3)ccc2O[C@@H]1CN(C)Cc1ccc(C(F)(F)F)cc1. The fourth-order valence-electron chi connectivity index (χ4n) is 4.81. The van der Waals surface area contributed by atoms with Crippen molar-refractivity contribution in [1.29, 1.82) is 0 Å². The average Bonchev–Trinajstić information content (AvgIpc) is 3.45. The second kappa shape index (κ2) is 13.3. The normalized spacial score (nSPS) is 18.5. The number of nitrogens with zero attached hydrogens (tertiary/aromatic N) is 6. The summed E-state index contributed by atoms with van der Waals surface area (Å²) in [5.74, 6) is -0.214. The summed E-state index contributed by atoms with van der Waals surface area (Å²) in [7, 11) is 1.85. The summed E-state index contributed by atoms with van der Waals surface area (Å²) in [6.45, 7) is 4.57. The number of hydrogen-bond donors (Lipinski definition) is 2. The zero-order chi connectivity index (χ0) is 30.4. The summed E-state index contributed by atoms with van der Waals surface area (Å²) in [5.41, 5.74) is 1.05. The second-order valence-electron chi connectivity index (χ2n) is 10.7. The molecule has 4 rings (SSSR count). The fraction of sp³-hybridized carbons (Fsp3) is 0.464. The number of amides is 2. The Kier molecular flexibility index (Phi) is 9.78. The van der Waals surface area contributed by atoms with E-state index in [1.807, 2.05) is 18.9 Å². The highest BCUT2D eigenvalue weighted by Gasteiger charge is 2.32. The summed E-state index contributed by atoms with van der Waals surface area (Å²) in [5, 5.41) is 23.3. The lowest BCUT2D eigenvalue weighted by molar-refractivity contribution is -0.137. The molecule has 0 unspecified atom stereocenters. The van der Waals surface area contributed by atoms with Gasteiger partial charge in [0.1, 0.15) is 24.7 Å². The highest BCUT2D eigenvalue weighted by Crippen LogP contribution is 2.31.